The van der Waals surface area contributed by atoms with Gasteiger partial charge in [0.15, 0.2) is 0 Å². The maximum absolute atomic E-state index is 12.0. The molecule has 0 N–H and O–H groups in total. The van der Waals surface area contributed by atoms with Crippen LogP contribution in [0.2, 0.25) is 0 Å². The number of amides is 1. The number of rotatable bonds is 4. The molecule has 5 heteroatoms. The number of Topliss-reactive ketones (excluding diaryl/α,β-unsaturated/α-hetero) is 1. The number of piperidine rings is 1. The number of ketones is 1. The molecule has 0 unspecified atom stereocenters. The second-order valence-corrected chi connectivity index (χ2v) is 5.43. The fraction of sp³-hybridized carbons (Fsp3) is 0.429. The van der Waals surface area contributed by atoms with Crippen molar-refractivity contribution in [3.8, 4) is 5.75 Å². The normalized spacial score (nSPS) is 15.4. The lowest BCUT2D eigenvalue weighted by Crippen LogP contribution is -2.39. The minimum atomic E-state index is 0.105. The van der Waals surface area contributed by atoms with Crippen LogP contribution < -0.4 is 4.74 Å². The average Bonchev–Trinajstić information content (AvgIpc) is 2.46. The first kappa shape index (κ1) is 13.9. The smallest absolute Gasteiger partial charge is 0.232 e. The van der Waals surface area contributed by atoms with Gasteiger partial charge in [0.05, 0.1) is 12.9 Å². The molecule has 0 spiro atoms. The quantitative estimate of drug-likeness (QED) is 0.791. The second-order valence-electron chi connectivity index (χ2n) is 4.38. The van der Waals surface area contributed by atoms with E-state index in [1.807, 2.05) is 24.3 Å². The van der Waals surface area contributed by atoms with Crippen molar-refractivity contribution in [1.29, 1.82) is 0 Å². The molecule has 2 rings (SSSR count). The average molecular weight is 279 g/mol. The molecule has 0 aliphatic carbocycles. The first-order valence-electron chi connectivity index (χ1n) is 6.25. The molecule has 102 valence electrons. The topological polar surface area (TPSA) is 46.6 Å². The third-order valence-corrected chi connectivity index (χ3v) is 4.09. The van der Waals surface area contributed by atoms with E-state index in [4.69, 9.17) is 4.74 Å². The highest BCUT2D eigenvalue weighted by atomic mass is 32.2. The molecule has 19 heavy (non-hydrogen) atoms. The third-order valence-electron chi connectivity index (χ3n) is 3.10. The summed E-state index contributed by atoms with van der Waals surface area (Å²) in [6.07, 6.45) is 0.998. The summed E-state index contributed by atoms with van der Waals surface area (Å²) in [5, 5.41) is 0. The Hall–Kier alpha value is -1.49. The number of nitrogens with zero attached hydrogens (tertiary/aromatic N) is 1. The van der Waals surface area contributed by atoms with Gasteiger partial charge in [-0.2, -0.15) is 0 Å². The highest BCUT2D eigenvalue weighted by molar-refractivity contribution is 8.00. The molecule has 1 aliphatic heterocycles. The Bertz CT molecular complexity index is 448. The Morgan fingerprint density at radius 1 is 1.26 bits per heavy atom. The number of hydrogen-bond acceptors (Lipinski definition) is 4. The summed E-state index contributed by atoms with van der Waals surface area (Å²) in [5.74, 6) is 1.59. The molecule has 1 aromatic carbocycles. The molecule has 0 saturated carbocycles. The monoisotopic (exact) mass is 279 g/mol. The van der Waals surface area contributed by atoms with Crippen LogP contribution in [-0.2, 0) is 9.59 Å². The van der Waals surface area contributed by atoms with Crippen molar-refractivity contribution in [2.45, 2.75) is 17.7 Å². The van der Waals surface area contributed by atoms with Crippen molar-refractivity contribution in [3.63, 3.8) is 0 Å². The standard InChI is InChI=1S/C14H17NO3S/c1-18-12-2-4-13(5-3-12)19-10-14(17)15-8-6-11(16)7-9-15/h2-5H,6-10H2,1H3. The van der Waals surface area contributed by atoms with Gasteiger partial charge >= 0.3 is 0 Å². The van der Waals surface area contributed by atoms with E-state index in [9.17, 15) is 9.59 Å². The van der Waals surface area contributed by atoms with E-state index >= 15 is 0 Å². The molecule has 1 heterocycles. The summed E-state index contributed by atoms with van der Waals surface area (Å²) in [4.78, 5) is 25.9. The number of methoxy groups -OCH3 is 1. The Morgan fingerprint density at radius 2 is 1.89 bits per heavy atom. The van der Waals surface area contributed by atoms with Gasteiger partial charge in [-0.1, -0.05) is 0 Å². The Balaban J connectivity index is 1.80. The van der Waals surface area contributed by atoms with Crippen molar-refractivity contribution in [1.82, 2.24) is 4.90 Å². The third kappa shape index (κ3) is 3.99. The maximum Gasteiger partial charge on any atom is 0.232 e. The van der Waals surface area contributed by atoms with Crippen molar-refractivity contribution in [2.75, 3.05) is 26.0 Å². The van der Waals surface area contributed by atoms with Crippen LogP contribution in [0.4, 0.5) is 0 Å². The second kappa shape index (κ2) is 6.61. The largest absolute Gasteiger partial charge is 0.497 e. The zero-order chi connectivity index (χ0) is 13.7. The van der Waals surface area contributed by atoms with Crippen LogP contribution >= 0.6 is 11.8 Å². The van der Waals surface area contributed by atoms with E-state index in [0.717, 1.165) is 10.6 Å². The van der Waals surface area contributed by atoms with Gasteiger partial charge in [-0.25, -0.2) is 0 Å². The summed E-state index contributed by atoms with van der Waals surface area (Å²) in [5.41, 5.74) is 0. The molecule has 0 atom stereocenters. The van der Waals surface area contributed by atoms with Crippen molar-refractivity contribution in [3.05, 3.63) is 24.3 Å². The Morgan fingerprint density at radius 3 is 2.47 bits per heavy atom. The number of thioether (sulfide) groups is 1. The molecule has 1 aliphatic rings. The van der Waals surface area contributed by atoms with E-state index in [1.54, 1.807) is 12.0 Å². The fourth-order valence-electron chi connectivity index (χ4n) is 1.91. The van der Waals surface area contributed by atoms with E-state index in [-0.39, 0.29) is 11.7 Å². The van der Waals surface area contributed by atoms with Crippen LogP contribution in [0, 0.1) is 0 Å². The molecule has 0 radical (unpaired) electrons. The predicted molar refractivity (Wildman–Crippen MR) is 74.5 cm³/mol. The number of carbonyl (C=O) groups excluding carboxylic acids is 2. The minimum absolute atomic E-state index is 0.105. The van der Waals surface area contributed by atoms with E-state index < -0.39 is 0 Å². The first-order valence-corrected chi connectivity index (χ1v) is 7.24. The SMILES string of the molecule is COc1ccc(SCC(=O)N2CCC(=O)CC2)cc1. The highest BCUT2D eigenvalue weighted by Crippen LogP contribution is 2.22. The Kier molecular flexibility index (Phi) is 4.85. The highest BCUT2D eigenvalue weighted by Gasteiger charge is 2.20. The van der Waals surface area contributed by atoms with Crippen molar-refractivity contribution in [2.24, 2.45) is 0 Å². The van der Waals surface area contributed by atoms with Crippen molar-refractivity contribution >= 4 is 23.5 Å². The summed E-state index contributed by atoms with van der Waals surface area (Å²) < 4.78 is 5.08. The van der Waals surface area contributed by atoms with Crippen LogP contribution in [-0.4, -0.2) is 42.5 Å². The fourth-order valence-corrected chi connectivity index (χ4v) is 2.72. The van der Waals surface area contributed by atoms with Crippen molar-refractivity contribution < 1.29 is 14.3 Å². The molecule has 1 saturated heterocycles. The molecule has 1 amide bonds. The molecular weight excluding hydrogens is 262 g/mol. The molecule has 1 fully saturated rings. The van der Waals surface area contributed by atoms with Gasteiger partial charge < -0.3 is 9.64 Å². The van der Waals surface area contributed by atoms with Gasteiger partial charge in [0.25, 0.3) is 0 Å². The van der Waals surface area contributed by atoms with E-state index in [1.165, 1.54) is 11.8 Å². The molecular formula is C14H17NO3S. The molecule has 1 aromatic rings. The maximum atomic E-state index is 12.0. The van der Waals surface area contributed by atoms with Gasteiger partial charge in [-0.05, 0) is 24.3 Å². The number of likely N-dealkylation sites (tertiary alicyclic amines) is 1. The summed E-state index contributed by atoms with van der Waals surface area (Å²) in [7, 11) is 1.63. The molecule has 4 nitrogen and oxygen atoms in total. The molecule has 0 bridgehead atoms. The summed E-state index contributed by atoms with van der Waals surface area (Å²) in [6, 6.07) is 7.64. The number of carbonyl (C=O) groups is 2. The number of ether oxygens (including phenoxy) is 1. The first-order chi connectivity index (χ1) is 9.19. The van der Waals surface area contributed by atoms with Gasteiger partial charge in [0.1, 0.15) is 11.5 Å². The lowest BCUT2D eigenvalue weighted by atomic mass is 10.1. The lowest BCUT2D eigenvalue weighted by Gasteiger charge is -2.25. The minimum Gasteiger partial charge on any atom is -0.497 e. The van der Waals surface area contributed by atoms with Gasteiger partial charge in [0, 0.05) is 30.8 Å². The van der Waals surface area contributed by atoms with Crippen LogP contribution in [0.1, 0.15) is 12.8 Å². The number of hydrogen-bond donors (Lipinski definition) is 0. The van der Waals surface area contributed by atoms with Gasteiger partial charge in [-0.3, -0.25) is 9.59 Å². The van der Waals surface area contributed by atoms with Gasteiger partial charge in [-0.15, -0.1) is 11.8 Å². The van der Waals surface area contributed by atoms with Crippen LogP contribution in [0.3, 0.4) is 0 Å². The lowest BCUT2D eigenvalue weighted by molar-refractivity contribution is -0.132. The van der Waals surface area contributed by atoms with E-state index in [2.05, 4.69) is 0 Å². The van der Waals surface area contributed by atoms with Gasteiger partial charge in [0.2, 0.25) is 5.91 Å². The van der Waals surface area contributed by atoms with Crippen LogP contribution in [0.5, 0.6) is 5.75 Å². The molecule has 0 aromatic heterocycles. The summed E-state index contributed by atoms with van der Waals surface area (Å²) >= 11 is 1.51. The van der Waals surface area contributed by atoms with E-state index in [0.29, 0.717) is 31.7 Å². The zero-order valence-electron chi connectivity index (χ0n) is 10.9. The zero-order valence-corrected chi connectivity index (χ0v) is 11.7. The van der Waals surface area contributed by atoms with Crippen LogP contribution in [0.25, 0.3) is 0 Å². The predicted octanol–water partition coefficient (Wildman–Crippen LogP) is 1.98. The van der Waals surface area contributed by atoms with Crippen LogP contribution in [0.15, 0.2) is 29.2 Å². The summed E-state index contributed by atoms with van der Waals surface area (Å²) in [6.45, 7) is 1.14. The Labute approximate surface area is 117 Å². The number of benzene rings is 1.